The predicted molar refractivity (Wildman–Crippen MR) is 69.9 cm³/mol. The summed E-state index contributed by atoms with van der Waals surface area (Å²) in [7, 11) is 0. The van der Waals surface area contributed by atoms with Gasteiger partial charge in [-0.25, -0.2) is 4.98 Å². The minimum atomic E-state index is -4.48. The predicted octanol–water partition coefficient (Wildman–Crippen LogP) is 2.65. The van der Waals surface area contributed by atoms with Crippen LogP contribution in [0.2, 0.25) is 0 Å². The Morgan fingerprint density at radius 3 is 2.67 bits per heavy atom. The smallest absolute Gasteiger partial charge is 0.419 e. The summed E-state index contributed by atoms with van der Waals surface area (Å²) in [6, 6.07) is 4.93. The number of halogens is 3. The Kier molecular flexibility index (Phi) is 4.52. The first-order valence-corrected chi connectivity index (χ1v) is 6.32. The molecule has 1 aromatic carbocycles. The standard InChI is InChI=1S/C14H15F3N2O2/c1-10-18-6-7-19(10)8-11(20)9-21-13-5-3-2-4-12(13)14(15,16)17/h2-7,11,20H,8-9H2,1H3. The molecule has 1 aromatic heterocycles. The van der Waals surface area contributed by atoms with E-state index in [0.29, 0.717) is 5.82 Å². The van der Waals surface area contributed by atoms with E-state index < -0.39 is 17.8 Å². The molecule has 1 atom stereocenters. The summed E-state index contributed by atoms with van der Waals surface area (Å²) in [5.41, 5.74) is -0.851. The molecular formula is C14H15F3N2O2. The summed E-state index contributed by atoms with van der Waals surface area (Å²) < 4.78 is 45.1. The molecule has 1 N–H and O–H groups in total. The highest BCUT2D eigenvalue weighted by Crippen LogP contribution is 2.35. The van der Waals surface area contributed by atoms with E-state index in [0.717, 1.165) is 6.07 Å². The zero-order chi connectivity index (χ0) is 15.5. The summed E-state index contributed by atoms with van der Waals surface area (Å²) in [4.78, 5) is 4.00. The first kappa shape index (κ1) is 15.4. The van der Waals surface area contributed by atoms with Crippen LogP contribution in [0.15, 0.2) is 36.7 Å². The first-order valence-electron chi connectivity index (χ1n) is 6.32. The third kappa shape index (κ3) is 3.98. The van der Waals surface area contributed by atoms with Gasteiger partial charge in [-0.1, -0.05) is 12.1 Å². The third-order valence-corrected chi connectivity index (χ3v) is 2.95. The number of aliphatic hydroxyl groups is 1. The van der Waals surface area contributed by atoms with Crippen LogP contribution < -0.4 is 4.74 Å². The number of alkyl halides is 3. The molecule has 0 amide bonds. The topological polar surface area (TPSA) is 47.3 Å². The second-order valence-corrected chi connectivity index (χ2v) is 4.59. The van der Waals surface area contributed by atoms with Crippen LogP contribution in [0.4, 0.5) is 13.2 Å². The third-order valence-electron chi connectivity index (χ3n) is 2.95. The maximum atomic E-state index is 12.8. The van der Waals surface area contributed by atoms with Crippen molar-refractivity contribution in [2.75, 3.05) is 6.61 Å². The SMILES string of the molecule is Cc1nccn1CC(O)COc1ccccc1C(F)(F)F. The van der Waals surface area contributed by atoms with Crippen molar-refractivity contribution in [1.82, 2.24) is 9.55 Å². The molecule has 1 unspecified atom stereocenters. The van der Waals surface area contributed by atoms with Gasteiger partial charge in [0, 0.05) is 12.4 Å². The second-order valence-electron chi connectivity index (χ2n) is 4.59. The fourth-order valence-electron chi connectivity index (χ4n) is 1.89. The van der Waals surface area contributed by atoms with Gasteiger partial charge in [0.1, 0.15) is 24.3 Å². The molecule has 0 aliphatic heterocycles. The van der Waals surface area contributed by atoms with Crippen molar-refractivity contribution in [3.8, 4) is 5.75 Å². The molecule has 0 spiro atoms. The first-order chi connectivity index (χ1) is 9.88. The highest BCUT2D eigenvalue weighted by Gasteiger charge is 2.34. The summed E-state index contributed by atoms with van der Waals surface area (Å²) in [6.07, 6.45) is -2.15. The number of hydrogen-bond acceptors (Lipinski definition) is 3. The molecular weight excluding hydrogens is 285 g/mol. The van der Waals surface area contributed by atoms with Crippen molar-refractivity contribution in [2.24, 2.45) is 0 Å². The van der Waals surface area contributed by atoms with Crippen molar-refractivity contribution in [3.63, 3.8) is 0 Å². The summed E-state index contributed by atoms with van der Waals surface area (Å²) in [6.45, 7) is 1.75. The maximum absolute atomic E-state index is 12.8. The molecule has 0 radical (unpaired) electrons. The molecule has 0 bridgehead atoms. The van der Waals surface area contributed by atoms with Gasteiger partial charge < -0.3 is 14.4 Å². The van der Waals surface area contributed by atoms with E-state index in [1.165, 1.54) is 18.2 Å². The zero-order valence-electron chi connectivity index (χ0n) is 11.3. The normalized spacial score (nSPS) is 13.2. The Morgan fingerprint density at radius 1 is 1.33 bits per heavy atom. The molecule has 0 aliphatic carbocycles. The Balaban J connectivity index is 1.99. The number of nitrogens with zero attached hydrogens (tertiary/aromatic N) is 2. The van der Waals surface area contributed by atoms with E-state index in [1.54, 1.807) is 23.9 Å². The van der Waals surface area contributed by atoms with E-state index in [1.807, 2.05) is 0 Å². The fourth-order valence-corrected chi connectivity index (χ4v) is 1.89. The van der Waals surface area contributed by atoms with Crippen molar-refractivity contribution in [2.45, 2.75) is 25.7 Å². The summed E-state index contributed by atoms with van der Waals surface area (Å²) >= 11 is 0. The van der Waals surface area contributed by atoms with Gasteiger partial charge in [0.05, 0.1) is 12.1 Å². The summed E-state index contributed by atoms with van der Waals surface area (Å²) in [5.74, 6) is 0.427. The Morgan fingerprint density at radius 2 is 2.05 bits per heavy atom. The molecule has 1 heterocycles. The number of rotatable bonds is 5. The monoisotopic (exact) mass is 300 g/mol. The van der Waals surface area contributed by atoms with E-state index in [-0.39, 0.29) is 18.9 Å². The summed E-state index contributed by atoms with van der Waals surface area (Å²) in [5, 5.41) is 9.85. The van der Waals surface area contributed by atoms with Crippen molar-refractivity contribution >= 4 is 0 Å². The number of aliphatic hydroxyl groups excluding tert-OH is 1. The van der Waals surface area contributed by atoms with Crippen molar-refractivity contribution in [3.05, 3.63) is 48.0 Å². The highest BCUT2D eigenvalue weighted by molar-refractivity contribution is 5.35. The van der Waals surface area contributed by atoms with Crippen LogP contribution in [0.3, 0.4) is 0 Å². The van der Waals surface area contributed by atoms with Crippen LogP contribution in [0.25, 0.3) is 0 Å². The van der Waals surface area contributed by atoms with Gasteiger partial charge in [0.2, 0.25) is 0 Å². The van der Waals surface area contributed by atoms with Gasteiger partial charge in [-0.15, -0.1) is 0 Å². The molecule has 4 nitrogen and oxygen atoms in total. The van der Waals surface area contributed by atoms with Crippen molar-refractivity contribution in [1.29, 1.82) is 0 Å². The fraction of sp³-hybridized carbons (Fsp3) is 0.357. The van der Waals surface area contributed by atoms with Crippen LogP contribution in [0.5, 0.6) is 5.75 Å². The van der Waals surface area contributed by atoms with Gasteiger partial charge in [-0.3, -0.25) is 0 Å². The van der Waals surface area contributed by atoms with Crippen molar-refractivity contribution < 1.29 is 23.0 Å². The van der Waals surface area contributed by atoms with Gasteiger partial charge in [0.25, 0.3) is 0 Å². The lowest BCUT2D eigenvalue weighted by Crippen LogP contribution is -2.24. The Bertz CT molecular complexity index is 596. The van der Waals surface area contributed by atoms with Gasteiger partial charge in [0.15, 0.2) is 0 Å². The minimum absolute atomic E-state index is 0.208. The molecule has 114 valence electrons. The average molecular weight is 300 g/mol. The number of para-hydroxylation sites is 1. The molecule has 2 rings (SSSR count). The van der Waals surface area contributed by atoms with E-state index in [4.69, 9.17) is 4.74 Å². The number of benzene rings is 1. The number of ether oxygens (including phenoxy) is 1. The van der Waals surface area contributed by atoms with Crippen LogP contribution in [0, 0.1) is 6.92 Å². The molecule has 0 saturated carbocycles. The Hall–Kier alpha value is -2.02. The molecule has 0 saturated heterocycles. The molecule has 0 aliphatic rings. The number of imidazole rings is 1. The molecule has 7 heteroatoms. The number of aromatic nitrogens is 2. The highest BCUT2D eigenvalue weighted by atomic mass is 19.4. The van der Waals surface area contributed by atoms with Gasteiger partial charge in [-0.05, 0) is 19.1 Å². The van der Waals surface area contributed by atoms with Crippen LogP contribution in [0.1, 0.15) is 11.4 Å². The van der Waals surface area contributed by atoms with Gasteiger partial charge >= 0.3 is 6.18 Å². The Labute approximate surface area is 119 Å². The minimum Gasteiger partial charge on any atom is -0.490 e. The van der Waals surface area contributed by atoms with E-state index in [9.17, 15) is 18.3 Å². The number of aryl methyl sites for hydroxylation is 1. The quantitative estimate of drug-likeness (QED) is 0.923. The lowest BCUT2D eigenvalue weighted by Gasteiger charge is -2.17. The molecule has 2 aromatic rings. The van der Waals surface area contributed by atoms with E-state index in [2.05, 4.69) is 4.98 Å². The van der Waals surface area contributed by atoms with Crippen LogP contribution >= 0.6 is 0 Å². The molecule has 21 heavy (non-hydrogen) atoms. The largest absolute Gasteiger partial charge is 0.490 e. The van der Waals surface area contributed by atoms with Crippen LogP contribution in [-0.2, 0) is 12.7 Å². The van der Waals surface area contributed by atoms with Crippen LogP contribution in [-0.4, -0.2) is 27.4 Å². The maximum Gasteiger partial charge on any atom is 0.419 e. The molecule has 0 fully saturated rings. The van der Waals surface area contributed by atoms with Gasteiger partial charge in [-0.2, -0.15) is 13.2 Å². The average Bonchev–Trinajstić information content (AvgIpc) is 2.81. The van der Waals surface area contributed by atoms with E-state index >= 15 is 0 Å². The number of hydrogen-bond donors (Lipinski definition) is 1. The lowest BCUT2D eigenvalue weighted by atomic mass is 10.2. The zero-order valence-corrected chi connectivity index (χ0v) is 11.3. The second kappa shape index (κ2) is 6.17. The lowest BCUT2D eigenvalue weighted by molar-refractivity contribution is -0.139.